The number of sulfone groups is 1. The van der Waals surface area contributed by atoms with Gasteiger partial charge in [-0.3, -0.25) is 0 Å². The highest BCUT2D eigenvalue weighted by molar-refractivity contribution is 7.92. The molecule has 4 heteroatoms. The minimum absolute atomic E-state index is 0.0650. The molecule has 2 atom stereocenters. The van der Waals surface area contributed by atoms with Crippen molar-refractivity contribution in [1.82, 2.24) is 5.32 Å². The van der Waals surface area contributed by atoms with Crippen molar-refractivity contribution in [2.24, 2.45) is 0 Å². The molecule has 0 saturated heterocycles. The molecule has 1 aliphatic heterocycles. The van der Waals surface area contributed by atoms with E-state index in [2.05, 4.69) is 12.2 Å². The summed E-state index contributed by atoms with van der Waals surface area (Å²) < 4.78 is 25.0. The van der Waals surface area contributed by atoms with Gasteiger partial charge in [0.2, 0.25) is 0 Å². The normalized spacial score (nSPS) is 25.1. The van der Waals surface area contributed by atoms with Gasteiger partial charge in [-0.25, -0.2) is 8.42 Å². The lowest BCUT2D eigenvalue weighted by Gasteiger charge is -2.18. The molecule has 18 heavy (non-hydrogen) atoms. The number of aryl methyl sites for hydroxylation is 2. The van der Waals surface area contributed by atoms with Gasteiger partial charge in [0.25, 0.3) is 0 Å². The molecule has 0 spiro atoms. The van der Waals surface area contributed by atoms with Gasteiger partial charge in [-0.15, -0.1) is 0 Å². The number of hydrogen-bond acceptors (Lipinski definition) is 3. The molecule has 2 rings (SSSR count). The molecule has 1 aromatic carbocycles. The van der Waals surface area contributed by atoms with Gasteiger partial charge < -0.3 is 5.32 Å². The molecule has 0 aliphatic carbocycles. The van der Waals surface area contributed by atoms with E-state index in [1.165, 1.54) is 0 Å². The lowest BCUT2D eigenvalue weighted by atomic mass is 9.97. The first-order valence-corrected chi connectivity index (χ1v) is 8.03. The Bertz CT molecular complexity index is 563. The summed E-state index contributed by atoms with van der Waals surface area (Å²) in [4.78, 5) is 0.559. The predicted molar refractivity (Wildman–Crippen MR) is 73.6 cm³/mol. The Morgan fingerprint density at radius 1 is 1.22 bits per heavy atom. The second-order valence-corrected chi connectivity index (χ2v) is 7.37. The maximum atomic E-state index is 12.5. The predicted octanol–water partition coefficient (Wildman–Crippen LogP) is 2.52. The van der Waals surface area contributed by atoms with Crippen molar-refractivity contribution in [2.75, 3.05) is 6.54 Å². The molecule has 0 fully saturated rings. The largest absolute Gasteiger partial charge is 0.309 e. The summed E-state index contributed by atoms with van der Waals surface area (Å²) in [7, 11) is -3.18. The maximum absolute atomic E-state index is 12.5. The quantitative estimate of drug-likeness (QED) is 0.915. The highest BCUT2D eigenvalue weighted by Gasteiger charge is 2.43. The molecule has 0 saturated carbocycles. The van der Waals surface area contributed by atoms with Crippen molar-refractivity contribution in [3.05, 3.63) is 28.8 Å². The van der Waals surface area contributed by atoms with E-state index in [-0.39, 0.29) is 11.3 Å². The van der Waals surface area contributed by atoms with Crippen molar-refractivity contribution >= 4 is 9.84 Å². The van der Waals surface area contributed by atoms with Crippen molar-refractivity contribution in [3.63, 3.8) is 0 Å². The second-order valence-electron chi connectivity index (χ2n) is 5.12. The van der Waals surface area contributed by atoms with Crippen LogP contribution in [0.2, 0.25) is 0 Å². The summed E-state index contributed by atoms with van der Waals surface area (Å²) in [6.45, 7) is 8.61. The molecule has 0 amide bonds. The van der Waals surface area contributed by atoms with Gasteiger partial charge in [-0.05, 0) is 50.4 Å². The fourth-order valence-electron chi connectivity index (χ4n) is 2.74. The van der Waals surface area contributed by atoms with Crippen molar-refractivity contribution in [1.29, 1.82) is 0 Å². The van der Waals surface area contributed by atoms with E-state index in [0.29, 0.717) is 4.90 Å². The number of benzene rings is 1. The molecule has 0 bridgehead atoms. The molecular formula is C14H21NO2S. The van der Waals surface area contributed by atoms with E-state index >= 15 is 0 Å². The topological polar surface area (TPSA) is 46.2 Å². The SMILES string of the molecule is CCCNC1c2c(C)ccc(C)c2S(=O)(=O)C1C. The average Bonchev–Trinajstić information content (AvgIpc) is 2.52. The summed E-state index contributed by atoms with van der Waals surface area (Å²) in [6, 6.07) is 3.85. The van der Waals surface area contributed by atoms with Crippen molar-refractivity contribution in [3.8, 4) is 0 Å². The Kier molecular flexibility index (Phi) is 3.52. The van der Waals surface area contributed by atoms with E-state index in [4.69, 9.17) is 0 Å². The van der Waals surface area contributed by atoms with Gasteiger partial charge in [-0.1, -0.05) is 19.1 Å². The molecular weight excluding hydrogens is 246 g/mol. The number of hydrogen-bond donors (Lipinski definition) is 1. The summed E-state index contributed by atoms with van der Waals surface area (Å²) in [5.74, 6) is 0. The lowest BCUT2D eigenvalue weighted by molar-refractivity contribution is 0.513. The van der Waals surface area contributed by atoms with Crippen LogP contribution in [0.25, 0.3) is 0 Å². The highest BCUT2D eigenvalue weighted by atomic mass is 32.2. The molecule has 2 unspecified atom stereocenters. The molecule has 1 aliphatic rings. The van der Waals surface area contributed by atoms with E-state index in [1.54, 1.807) is 0 Å². The van der Waals surface area contributed by atoms with Crippen LogP contribution in [-0.4, -0.2) is 20.2 Å². The van der Waals surface area contributed by atoms with Crippen LogP contribution >= 0.6 is 0 Å². The standard InChI is InChI=1S/C14H21NO2S/c1-5-8-15-13-11(4)18(16,17)14-10(3)7-6-9(2)12(13)14/h6-7,11,13,15H,5,8H2,1-4H3. The van der Waals surface area contributed by atoms with Crippen LogP contribution in [0, 0.1) is 13.8 Å². The lowest BCUT2D eigenvalue weighted by Crippen LogP contribution is -2.30. The van der Waals surface area contributed by atoms with Crippen LogP contribution in [0.5, 0.6) is 0 Å². The van der Waals surface area contributed by atoms with E-state index in [0.717, 1.165) is 29.7 Å². The molecule has 100 valence electrons. The first-order chi connectivity index (χ1) is 8.41. The number of fused-ring (bicyclic) bond motifs is 1. The third-order valence-electron chi connectivity index (χ3n) is 3.78. The fourth-order valence-corrected chi connectivity index (χ4v) is 4.81. The van der Waals surface area contributed by atoms with E-state index < -0.39 is 9.84 Å². The van der Waals surface area contributed by atoms with Crippen LogP contribution in [-0.2, 0) is 9.84 Å². The molecule has 3 nitrogen and oxygen atoms in total. The smallest absolute Gasteiger partial charge is 0.183 e. The maximum Gasteiger partial charge on any atom is 0.183 e. The third kappa shape index (κ3) is 1.88. The van der Waals surface area contributed by atoms with E-state index in [9.17, 15) is 8.42 Å². The van der Waals surface area contributed by atoms with Gasteiger partial charge in [0.15, 0.2) is 9.84 Å². The Labute approximate surface area is 110 Å². The summed E-state index contributed by atoms with van der Waals surface area (Å²) in [6.07, 6.45) is 1.00. The first-order valence-electron chi connectivity index (χ1n) is 6.48. The zero-order chi connectivity index (χ0) is 13.5. The van der Waals surface area contributed by atoms with Gasteiger partial charge >= 0.3 is 0 Å². The van der Waals surface area contributed by atoms with Crippen LogP contribution in [0.4, 0.5) is 0 Å². The van der Waals surface area contributed by atoms with Gasteiger partial charge in [0.05, 0.1) is 16.2 Å². The third-order valence-corrected chi connectivity index (χ3v) is 6.14. The summed E-state index contributed by atoms with van der Waals surface area (Å²) in [5, 5.41) is 3.01. The molecule has 0 aromatic heterocycles. The van der Waals surface area contributed by atoms with Crippen LogP contribution < -0.4 is 5.32 Å². The number of nitrogens with one attached hydrogen (secondary N) is 1. The molecule has 1 heterocycles. The Hall–Kier alpha value is -0.870. The summed E-state index contributed by atoms with van der Waals surface area (Å²) >= 11 is 0. The van der Waals surface area contributed by atoms with Gasteiger partial charge in [0, 0.05) is 0 Å². The minimum Gasteiger partial charge on any atom is -0.309 e. The number of rotatable bonds is 3. The zero-order valence-electron chi connectivity index (χ0n) is 11.4. The van der Waals surface area contributed by atoms with Crippen molar-refractivity contribution in [2.45, 2.75) is 50.3 Å². The molecule has 0 radical (unpaired) electrons. The van der Waals surface area contributed by atoms with Crippen LogP contribution in [0.1, 0.15) is 43.0 Å². The van der Waals surface area contributed by atoms with Gasteiger partial charge in [-0.2, -0.15) is 0 Å². The monoisotopic (exact) mass is 267 g/mol. The Morgan fingerprint density at radius 3 is 2.44 bits per heavy atom. The van der Waals surface area contributed by atoms with Crippen molar-refractivity contribution < 1.29 is 8.42 Å². The van der Waals surface area contributed by atoms with Gasteiger partial charge in [0.1, 0.15) is 0 Å². The summed E-state index contributed by atoms with van der Waals surface area (Å²) in [5.41, 5.74) is 2.91. The zero-order valence-corrected chi connectivity index (χ0v) is 12.3. The molecule has 1 aromatic rings. The molecule has 1 N–H and O–H groups in total. The highest BCUT2D eigenvalue weighted by Crippen LogP contribution is 2.42. The second kappa shape index (κ2) is 4.67. The van der Waals surface area contributed by atoms with E-state index in [1.807, 2.05) is 32.9 Å². The van der Waals surface area contributed by atoms with Crippen LogP contribution in [0.3, 0.4) is 0 Å². The minimum atomic E-state index is -3.18. The first kappa shape index (κ1) is 13.6. The Balaban J connectivity index is 2.62. The Morgan fingerprint density at radius 2 is 1.83 bits per heavy atom. The average molecular weight is 267 g/mol. The fraction of sp³-hybridized carbons (Fsp3) is 0.571. The van der Waals surface area contributed by atoms with Crippen LogP contribution in [0.15, 0.2) is 17.0 Å².